The first-order chi connectivity index (χ1) is 37.8. The number of aryl methyl sites for hydroxylation is 1. The van der Waals surface area contributed by atoms with E-state index >= 15 is 4.39 Å². The van der Waals surface area contributed by atoms with Gasteiger partial charge in [0.05, 0.1) is 35.1 Å². The number of rotatable bonds is 16. The van der Waals surface area contributed by atoms with E-state index in [0.29, 0.717) is 68.3 Å². The number of carbonyl (C=O) groups is 1. The van der Waals surface area contributed by atoms with Gasteiger partial charge in [0.25, 0.3) is 21.6 Å². The first-order valence-electron chi connectivity index (χ1n) is 27.5. The fourth-order valence-corrected chi connectivity index (χ4v) is 14.0. The van der Waals surface area contributed by atoms with E-state index in [-0.39, 0.29) is 57.0 Å². The molecule has 2 aliphatic heterocycles. The lowest BCUT2D eigenvalue weighted by Gasteiger charge is -2.58. The number of aromatic amines is 1. The van der Waals surface area contributed by atoms with E-state index in [9.17, 15) is 28.4 Å². The number of H-pyrrole nitrogens is 1. The van der Waals surface area contributed by atoms with Crippen LogP contribution in [0.25, 0.3) is 22.0 Å². The number of ether oxygens (including phenoxy) is 2. The number of piperidine rings is 1. The molecule has 0 radical (unpaired) electrons. The number of benzene rings is 4. The lowest BCUT2D eigenvalue weighted by atomic mass is 9.59. The van der Waals surface area contributed by atoms with Crippen molar-refractivity contribution in [3.63, 3.8) is 0 Å². The number of piperazine rings is 1. The van der Waals surface area contributed by atoms with E-state index in [1.165, 1.54) is 35.0 Å². The highest BCUT2D eigenvalue weighted by Gasteiger charge is 2.50. The van der Waals surface area contributed by atoms with Gasteiger partial charge in [0.15, 0.2) is 11.3 Å². The SMILES string of the molecule is COc1ccc(CN2CCN(C3CC4(CCN(c5cc(Oc6cnc7[nH]ccc7c6)c(C(=O)NS(=O)(=O)c6cc([N+](=O)[O-])c(NC[C@H]7CC[C@](C)(O)CC7)c7oc(C)cc67)cc5F)CC4)C3)[C@H](c3ccccc3C(C)C)C2)cc1. The van der Waals surface area contributed by atoms with Crippen molar-refractivity contribution in [3.05, 3.63) is 141 Å². The Labute approximate surface area is 459 Å². The number of methoxy groups -OCH3 is 1. The summed E-state index contributed by atoms with van der Waals surface area (Å²) in [5.41, 5.74) is 3.11. The van der Waals surface area contributed by atoms with Crippen molar-refractivity contribution in [2.45, 2.75) is 114 Å². The van der Waals surface area contributed by atoms with Crippen molar-refractivity contribution < 1.29 is 41.5 Å². The Balaban J connectivity index is 0.824. The van der Waals surface area contributed by atoms with Gasteiger partial charge in [-0.15, -0.1) is 0 Å². The van der Waals surface area contributed by atoms with Gasteiger partial charge in [0.2, 0.25) is 0 Å². The minimum atomic E-state index is -4.90. The van der Waals surface area contributed by atoms with Gasteiger partial charge < -0.3 is 34.2 Å². The van der Waals surface area contributed by atoms with Crippen molar-refractivity contribution in [1.82, 2.24) is 24.5 Å². The number of nitrogens with zero attached hydrogens (tertiary/aromatic N) is 5. The Morgan fingerprint density at radius 1 is 0.987 bits per heavy atom. The molecule has 416 valence electrons. The molecule has 0 bridgehead atoms. The van der Waals surface area contributed by atoms with E-state index in [1.54, 1.807) is 39.3 Å². The van der Waals surface area contributed by atoms with Crippen LogP contribution in [-0.2, 0) is 16.6 Å². The highest BCUT2D eigenvalue weighted by atomic mass is 32.2. The normalized spacial score (nSPS) is 21.1. The Morgan fingerprint density at radius 2 is 1.73 bits per heavy atom. The molecule has 2 saturated carbocycles. The van der Waals surface area contributed by atoms with Crippen LogP contribution in [0.2, 0.25) is 0 Å². The second-order valence-electron chi connectivity index (χ2n) is 23.0. The van der Waals surface area contributed by atoms with Crippen molar-refractivity contribution >= 4 is 55.0 Å². The third kappa shape index (κ3) is 11.1. The molecular weight excluding hydrogens is 1030 g/mol. The van der Waals surface area contributed by atoms with Gasteiger partial charge in [-0.05, 0) is 136 Å². The number of pyridine rings is 1. The molecule has 5 heterocycles. The first-order valence-corrected chi connectivity index (χ1v) is 29.0. The average molecular weight is 1100 g/mol. The predicted octanol–water partition coefficient (Wildman–Crippen LogP) is 11.4. The number of nitro groups is 1. The van der Waals surface area contributed by atoms with Gasteiger partial charge >= 0.3 is 0 Å². The predicted molar refractivity (Wildman–Crippen MR) is 301 cm³/mol. The summed E-state index contributed by atoms with van der Waals surface area (Å²) in [6.07, 6.45) is 9.47. The number of nitrogens with one attached hydrogen (secondary N) is 3. The summed E-state index contributed by atoms with van der Waals surface area (Å²) in [4.78, 5) is 40.5. The smallest absolute Gasteiger partial charge is 0.297 e. The largest absolute Gasteiger partial charge is 0.497 e. The zero-order valence-corrected chi connectivity index (χ0v) is 46.2. The van der Waals surface area contributed by atoms with Crippen molar-refractivity contribution in [2.24, 2.45) is 11.3 Å². The van der Waals surface area contributed by atoms with Crippen LogP contribution >= 0.6 is 0 Å². The molecule has 2 saturated heterocycles. The Kier molecular flexibility index (Phi) is 14.7. The lowest BCUT2D eigenvalue weighted by molar-refractivity contribution is -0.384. The number of anilines is 2. The van der Waals surface area contributed by atoms with Crippen LogP contribution in [-0.4, -0.2) is 102 Å². The number of fused-ring (bicyclic) bond motifs is 2. The van der Waals surface area contributed by atoms with Gasteiger partial charge in [-0.2, -0.15) is 0 Å². The molecule has 7 aromatic rings. The Bertz CT molecular complexity index is 3520. The molecule has 4 aliphatic rings. The minimum Gasteiger partial charge on any atom is -0.497 e. The van der Waals surface area contributed by atoms with Crippen LogP contribution in [0.5, 0.6) is 17.2 Å². The molecule has 79 heavy (non-hydrogen) atoms. The van der Waals surface area contributed by atoms with Gasteiger partial charge in [-0.3, -0.25) is 24.7 Å². The van der Waals surface area contributed by atoms with Gasteiger partial charge in [-0.25, -0.2) is 22.5 Å². The zero-order valence-electron chi connectivity index (χ0n) is 45.4. The summed E-state index contributed by atoms with van der Waals surface area (Å²) in [5, 5.41) is 27.0. The fourth-order valence-electron chi connectivity index (χ4n) is 12.8. The van der Waals surface area contributed by atoms with Crippen LogP contribution in [0, 0.1) is 34.2 Å². The molecule has 11 rings (SSSR count). The molecule has 19 heteroatoms. The summed E-state index contributed by atoms with van der Waals surface area (Å²) in [7, 11) is -3.21. The van der Waals surface area contributed by atoms with Crippen molar-refractivity contribution in [2.75, 3.05) is 56.6 Å². The molecule has 1 spiro atoms. The zero-order chi connectivity index (χ0) is 55.4. The number of hydrogen-bond donors (Lipinski definition) is 4. The molecule has 4 N–H and O–H groups in total. The molecule has 17 nitrogen and oxygen atoms in total. The summed E-state index contributed by atoms with van der Waals surface area (Å²) < 4.78 is 65.4. The number of sulfonamides is 1. The molecule has 0 unspecified atom stereocenters. The van der Waals surface area contributed by atoms with Crippen LogP contribution in [0.15, 0.2) is 107 Å². The van der Waals surface area contributed by atoms with Crippen molar-refractivity contribution in [3.8, 4) is 17.2 Å². The van der Waals surface area contributed by atoms with E-state index in [1.807, 2.05) is 17.0 Å². The Hall–Kier alpha value is -7.06. The molecule has 1 atom stereocenters. The Morgan fingerprint density at radius 3 is 2.46 bits per heavy atom. The number of carbonyl (C=O) groups excluding carboxylic acids is 1. The third-order valence-corrected chi connectivity index (χ3v) is 18.6. The quantitative estimate of drug-likeness (QED) is 0.0524. The second kappa shape index (κ2) is 21.5. The molecule has 4 aromatic carbocycles. The monoisotopic (exact) mass is 1100 g/mol. The van der Waals surface area contributed by atoms with E-state index in [4.69, 9.17) is 13.9 Å². The third-order valence-electron chi connectivity index (χ3n) is 17.3. The standard InChI is InChI=1S/C60H69FN8O9S/c1-37(2)45-8-6-7-9-46(45)52-36-66(35-40-10-12-43(76-5)13-11-40)24-25-68(52)42-31-60(32-42)19-22-67(23-20-60)50-29-53(78-44-27-41-16-21-62-57(41)64-34-44)47(28-49(50)61)58(70)65-79(74,75)54-30-51(69(72)73)55(56-48(54)26-38(3)77-56)63-33-39-14-17-59(4,71)18-15-39/h6-13,16,21,26-30,34,37,39,42,52,63,71H,14-15,17-20,22-25,31-33,35-36H2,1-5H3,(H,62,64)(H,65,70)/t39-,52-,59-/m0/s1. The molecule has 2 aliphatic carbocycles. The first kappa shape index (κ1) is 53.9. The highest BCUT2D eigenvalue weighted by Crippen LogP contribution is 2.54. The number of halogens is 1. The maximum Gasteiger partial charge on any atom is 0.297 e. The molecular formula is C60H69FN8O9S. The summed E-state index contributed by atoms with van der Waals surface area (Å²) in [5.74, 6) is -0.228. The molecule has 1 amide bonds. The van der Waals surface area contributed by atoms with Crippen molar-refractivity contribution in [1.29, 1.82) is 0 Å². The fraction of sp³-hybridized carbons (Fsp3) is 0.433. The molecule has 3 aromatic heterocycles. The summed E-state index contributed by atoms with van der Waals surface area (Å²) >= 11 is 0. The number of hydrogen-bond acceptors (Lipinski definition) is 14. The number of aromatic nitrogens is 2. The van der Waals surface area contributed by atoms with Gasteiger partial charge in [0.1, 0.15) is 39.4 Å². The van der Waals surface area contributed by atoms with E-state index in [0.717, 1.165) is 69.7 Å². The number of amides is 1. The summed E-state index contributed by atoms with van der Waals surface area (Å²) in [6.45, 7) is 13.0. The molecule has 4 fully saturated rings. The lowest BCUT2D eigenvalue weighted by Crippen LogP contribution is -2.60. The topological polar surface area (TPSA) is 209 Å². The maximum atomic E-state index is 16.8. The van der Waals surface area contributed by atoms with Gasteiger partial charge in [-0.1, -0.05) is 50.2 Å². The van der Waals surface area contributed by atoms with E-state index < -0.39 is 48.4 Å². The number of aliphatic hydroxyl groups is 1. The van der Waals surface area contributed by atoms with Crippen LogP contribution in [0.3, 0.4) is 0 Å². The highest BCUT2D eigenvalue weighted by molar-refractivity contribution is 7.90. The van der Waals surface area contributed by atoms with Gasteiger partial charge in [0, 0.05) is 87.0 Å². The summed E-state index contributed by atoms with van der Waals surface area (Å²) in [6, 6.07) is 26.1. The minimum absolute atomic E-state index is 0.00489. The van der Waals surface area contributed by atoms with Crippen LogP contribution < -0.4 is 24.4 Å². The second-order valence-corrected chi connectivity index (χ2v) is 24.7. The maximum absolute atomic E-state index is 16.8. The number of furan rings is 1. The average Bonchev–Trinajstić information content (AvgIpc) is 4.30. The number of nitro benzene ring substituents is 1. The van der Waals surface area contributed by atoms with E-state index in [2.05, 4.69) is 80.1 Å². The van der Waals surface area contributed by atoms with Crippen LogP contribution in [0.4, 0.5) is 21.5 Å². The van der Waals surface area contributed by atoms with Crippen LogP contribution in [0.1, 0.15) is 117 Å².